The van der Waals surface area contributed by atoms with Crippen LogP contribution in [0, 0.1) is 5.82 Å². The summed E-state index contributed by atoms with van der Waals surface area (Å²) < 4.78 is 20.6. The molecule has 0 saturated carbocycles. The van der Waals surface area contributed by atoms with Crippen LogP contribution in [0.1, 0.15) is 36.3 Å². The van der Waals surface area contributed by atoms with E-state index in [0.717, 1.165) is 17.1 Å². The Kier molecular flexibility index (Phi) is 6.27. The number of carbonyl (C=O) groups excluding carboxylic acids is 1. The third-order valence-corrected chi connectivity index (χ3v) is 5.73. The Morgan fingerprint density at radius 1 is 1.23 bits per heavy atom. The maximum atomic E-state index is 13.9. The summed E-state index contributed by atoms with van der Waals surface area (Å²) in [5, 5.41) is 3.99. The van der Waals surface area contributed by atoms with Crippen molar-refractivity contribution in [2.24, 2.45) is 0 Å². The van der Waals surface area contributed by atoms with Crippen molar-refractivity contribution in [1.29, 1.82) is 0 Å². The van der Waals surface area contributed by atoms with Crippen molar-refractivity contribution in [1.82, 2.24) is 19.8 Å². The lowest BCUT2D eigenvalue weighted by Gasteiger charge is -2.29. The smallest absolute Gasteiger partial charge is 0.305 e. The van der Waals surface area contributed by atoms with Gasteiger partial charge in [-0.2, -0.15) is 0 Å². The van der Waals surface area contributed by atoms with Gasteiger partial charge in [0, 0.05) is 36.7 Å². The van der Waals surface area contributed by atoms with Crippen molar-refractivity contribution >= 4 is 23.3 Å². The molecular weight excluding hydrogens is 415 g/mol. The van der Waals surface area contributed by atoms with Crippen LogP contribution in [0.4, 0.5) is 4.39 Å². The van der Waals surface area contributed by atoms with Crippen molar-refractivity contribution in [3.8, 4) is 5.69 Å². The summed E-state index contributed by atoms with van der Waals surface area (Å²) in [6.07, 6.45) is 4.57. The Hall–Kier alpha value is -3.26. The SMILES string of the molecule is COC(=O)CCCN1C(=S)N[C@@H](c2ccccn2)[C@H]1c1cccn1-c1cccc(F)c1. The molecule has 1 aromatic carbocycles. The van der Waals surface area contributed by atoms with E-state index >= 15 is 0 Å². The maximum Gasteiger partial charge on any atom is 0.305 e. The molecule has 6 nitrogen and oxygen atoms in total. The fourth-order valence-corrected chi connectivity index (χ4v) is 4.29. The fourth-order valence-electron chi connectivity index (χ4n) is 3.96. The molecule has 3 aromatic rings. The molecule has 8 heteroatoms. The van der Waals surface area contributed by atoms with Gasteiger partial charge in [0.05, 0.1) is 24.9 Å². The number of halogens is 1. The number of ether oxygens (including phenoxy) is 1. The number of nitrogens with one attached hydrogen (secondary N) is 1. The summed E-state index contributed by atoms with van der Waals surface area (Å²) in [5.74, 6) is -0.549. The van der Waals surface area contributed by atoms with E-state index in [-0.39, 0.29) is 23.9 Å². The number of nitrogens with zero attached hydrogens (tertiary/aromatic N) is 3. The highest BCUT2D eigenvalue weighted by atomic mass is 32.1. The van der Waals surface area contributed by atoms with Crippen molar-refractivity contribution in [2.75, 3.05) is 13.7 Å². The van der Waals surface area contributed by atoms with Gasteiger partial charge in [-0.25, -0.2) is 4.39 Å². The second kappa shape index (κ2) is 9.26. The van der Waals surface area contributed by atoms with Crippen LogP contribution in [-0.4, -0.2) is 39.2 Å². The topological polar surface area (TPSA) is 59.4 Å². The maximum absolute atomic E-state index is 13.9. The van der Waals surface area contributed by atoms with E-state index in [1.165, 1.54) is 19.2 Å². The van der Waals surface area contributed by atoms with Gasteiger partial charge in [0.2, 0.25) is 0 Å². The van der Waals surface area contributed by atoms with Crippen LogP contribution >= 0.6 is 12.2 Å². The summed E-state index contributed by atoms with van der Waals surface area (Å²) in [6, 6.07) is 15.8. The number of hydrogen-bond acceptors (Lipinski definition) is 4. The summed E-state index contributed by atoms with van der Waals surface area (Å²) in [5.41, 5.74) is 2.54. The highest BCUT2D eigenvalue weighted by Gasteiger charge is 2.41. The van der Waals surface area contributed by atoms with Gasteiger partial charge in [0.1, 0.15) is 5.82 Å². The first-order chi connectivity index (χ1) is 15.1. The highest BCUT2D eigenvalue weighted by Crippen LogP contribution is 2.39. The number of aromatic nitrogens is 2. The third-order valence-electron chi connectivity index (χ3n) is 5.38. The lowest BCUT2D eigenvalue weighted by atomic mass is 10.0. The number of thiocarbonyl (C=S) groups is 1. The van der Waals surface area contributed by atoms with Crippen LogP contribution in [-0.2, 0) is 9.53 Å². The molecule has 0 amide bonds. The Labute approximate surface area is 185 Å². The van der Waals surface area contributed by atoms with E-state index in [2.05, 4.69) is 15.2 Å². The van der Waals surface area contributed by atoms with E-state index in [1.807, 2.05) is 47.2 Å². The zero-order valence-corrected chi connectivity index (χ0v) is 17.9. The van der Waals surface area contributed by atoms with Crippen LogP contribution in [0.5, 0.6) is 0 Å². The van der Waals surface area contributed by atoms with Gasteiger partial charge < -0.3 is 19.5 Å². The Morgan fingerprint density at radius 3 is 2.84 bits per heavy atom. The number of benzene rings is 1. The minimum atomic E-state index is -0.298. The zero-order valence-electron chi connectivity index (χ0n) is 17.1. The molecule has 2 aromatic heterocycles. The molecule has 0 spiro atoms. The summed E-state index contributed by atoms with van der Waals surface area (Å²) in [7, 11) is 1.39. The average molecular weight is 439 g/mol. The standard InChI is InChI=1S/C23H23FN4O2S/c1-30-20(29)11-6-14-28-22(21(26-23(28)31)18-9-2-3-12-25-18)19-10-5-13-27(19)17-8-4-7-16(24)15-17/h2-5,7-10,12-13,15,21-22H,6,11,14H2,1H3,(H,26,31)/t21-,22+/m0/s1. The van der Waals surface area contributed by atoms with Crippen LogP contribution < -0.4 is 5.32 Å². The van der Waals surface area contributed by atoms with Crippen molar-refractivity contribution in [2.45, 2.75) is 24.9 Å². The van der Waals surface area contributed by atoms with E-state index in [4.69, 9.17) is 17.0 Å². The number of rotatable bonds is 7. The lowest BCUT2D eigenvalue weighted by molar-refractivity contribution is -0.140. The van der Waals surface area contributed by atoms with Gasteiger partial charge in [-0.15, -0.1) is 0 Å². The lowest BCUT2D eigenvalue weighted by Crippen LogP contribution is -2.31. The first kappa shape index (κ1) is 21.0. The normalized spacial score (nSPS) is 18.1. The molecule has 1 aliphatic rings. The zero-order chi connectivity index (χ0) is 21.8. The average Bonchev–Trinajstić information content (AvgIpc) is 3.39. The molecule has 0 bridgehead atoms. The van der Waals surface area contributed by atoms with E-state index in [1.54, 1.807) is 12.3 Å². The summed E-state index contributed by atoms with van der Waals surface area (Å²) in [6.45, 7) is 0.573. The van der Waals surface area contributed by atoms with Crippen LogP contribution in [0.3, 0.4) is 0 Å². The molecule has 4 rings (SSSR count). The van der Waals surface area contributed by atoms with Crippen molar-refractivity contribution in [3.05, 3.63) is 84.2 Å². The monoisotopic (exact) mass is 438 g/mol. The number of pyridine rings is 1. The van der Waals surface area contributed by atoms with Gasteiger partial charge in [-0.1, -0.05) is 12.1 Å². The van der Waals surface area contributed by atoms with Gasteiger partial charge in [0.25, 0.3) is 0 Å². The first-order valence-electron chi connectivity index (χ1n) is 10.1. The quantitative estimate of drug-likeness (QED) is 0.446. The molecule has 1 fully saturated rings. The van der Waals surface area contributed by atoms with E-state index < -0.39 is 0 Å². The summed E-state index contributed by atoms with van der Waals surface area (Å²) >= 11 is 5.66. The minimum Gasteiger partial charge on any atom is -0.469 e. The molecule has 1 aliphatic heterocycles. The number of hydrogen-bond donors (Lipinski definition) is 1. The Bertz CT molecular complexity index is 1070. The van der Waals surface area contributed by atoms with E-state index in [9.17, 15) is 9.18 Å². The van der Waals surface area contributed by atoms with Crippen LogP contribution in [0.25, 0.3) is 5.69 Å². The van der Waals surface area contributed by atoms with Gasteiger partial charge >= 0.3 is 5.97 Å². The Morgan fingerprint density at radius 2 is 2.10 bits per heavy atom. The van der Waals surface area contributed by atoms with Crippen molar-refractivity contribution < 1.29 is 13.9 Å². The van der Waals surface area contributed by atoms with E-state index in [0.29, 0.717) is 24.5 Å². The predicted molar refractivity (Wildman–Crippen MR) is 119 cm³/mol. The fraction of sp³-hybridized carbons (Fsp3) is 0.261. The second-order valence-corrected chi connectivity index (χ2v) is 7.67. The van der Waals surface area contributed by atoms with Crippen molar-refractivity contribution in [3.63, 3.8) is 0 Å². The largest absolute Gasteiger partial charge is 0.469 e. The molecule has 31 heavy (non-hydrogen) atoms. The van der Waals surface area contributed by atoms with Crippen LogP contribution in [0.2, 0.25) is 0 Å². The highest BCUT2D eigenvalue weighted by molar-refractivity contribution is 7.80. The molecule has 1 N–H and O–H groups in total. The minimum absolute atomic E-state index is 0.182. The molecular formula is C23H23FN4O2S. The van der Waals surface area contributed by atoms with Gasteiger partial charge in [-0.3, -0.25) is 9.78 Å². The molecule has 3 heterocycles. The Balaban J connectivity index is 1.72. The van der Waals surface area contributed by atoms with Gasteiger partial charge in [-0.05, 0) is 61.1 Å². The number of esters is 1. The molecule has 0 unspecified atom stereocenters. The second-order valence-electron chi connectivity index (χ2n) is 7.28. The molecule has 0 aliphatic carbocycles. The van der Waals surface area contributed by atoms with Crippen LogP contribution in [0.15, 0.2) is 67.0 Å². The predicted octanol–water partition coefficient (Wildman–Crippen LogP) is 3.94. The summed E-state index contributed by atoms with van der Waals surface area (Å²) in [4.78, 5) is 18.2. The molecule has 0 radical (unpaired) electrons. The number of methoxy groups -OCH3 is 1. The number of carbonyl (C=O) groups is 1. The molecule has 2 atom stereocenters. The molecule has 160 valence electrons. The first-order valence-corrected chi connectivity index (χ1v) is 10.5. The third kappa shape index (κ3) is 4.44. The molecule has 1 saturated heterocycles. The van der Waals surface area contributed by atoms with Gasteiger partial charge in [0.15, 0.2) is 5.11 Å².